The van der Waals surface area contributed by atoms with Crippen LogP contribution in [0.15, 0.2) is 34.9 Å². The Morgan fingerprint density at radius 3 is 2.84 bits per heavy atom. The fourth-order valence-electron chi connectivity index (χ4n) is 1.52. The molecular formula is C12H8BrFN4O. The molecule has 0 fully saturated rings. The second-order valence-electron chi connectivity index (χ2n) is 3.65. The monoisotopic (exact) mass is 322 g/mol. The first kappa shape index (κ1) is 13.2. The Hall–Kier alpha value is -2.20. The van der Waals surface area contributed by atoms with Crippen LogP contribution < -0.4 is 5.32 Å². The molecule has 1 aromatic heterocycles. The lowest BCUT2D eigenvalue weighted by Crippen LogP contribution is -2.28. The first-order chi connectivity index (χ1) is 9.13. The van der Waals surface area contributed by atoms with Gasteiger partial charge in [0.2, 0.25) is 0 Å². The summed E-state index contributed by atoms with van der Waals surface area (Å²) in [5.74, 6) is -1.09. The van der Waals surface area contributed by atoms with Gasteiger partial charge in [-0.05, 0) is 22.0 Å². The predicted octanol–water partition coefficient (Wildman–Crippen LogP) is 2.31. The maximum absolute atomic E-state index is 13.6. The lowest BCUT2D eigenvalue weighted by atomic mass is 10.1. The second-order valence-corrected chi connectivity index (χ2v) is 4.50. The van der Waals surface area contributed by atoms with Crippen molar-refractivity contribution in [3.63, 3.8) is 0 Å². The van der Waals surface area contributed by atoms with E-state index in [4.69, 9.17) is 5.26 Å². The Labute approximate surface area is 116 Å². The molecule has 0 aliphatic rings. The number of nitriles is 1. The smallest absolute Gasteiger partial charge is 0.271 e. The fraction of sp³-hybridized carbons (Fsp3) is 0.0833. The lowest BCUT2D eigenvalue weighted by molar-refractivity contribution is 0.0939. The molecule has 96 valence electrons. The zero-order chi connectivity index (χ0) is 13.8. The van der Waals surface area contributed by atoms with E-state index in [2.05, 4.69) is 31.4 Å². The molecule has 0 saturated carbocycles. The fourth-order valence-corrected chi connectivity index (χ4v) is 1.89. The van der Waals surface area contributed by atoms with Gasteiger partial charge in [-0.2, -0.15) is 10.4 Å². The van der Waals surface area contributed by atoms with Gasteiger partial charge in [0.15, 0.2) is 0 Å². The molecule has 1 amide bonds. The number of H-pyrrole nitrogens is 1. The maximum Gasteiger partial charge on any atom is 0.271 e. The van der Waals surface area contributed by atoms with Gasteiger partial charge < -0.3 is 5.32 Å². The van der Waals surface area contributed by atoms with E-state index in [1.54, 1.807) is 6.07 Å². The van der Waals surface area contributed by atoms with Crippen LogP contribution in [-0.4, -0.2) is 16.1 Å². The molecule has 1 atom stereocenters. The van der Waals surface area contributed by atoms with Crippen LogP contribution in [0.2, 0.25) is 0 Å². The summed E-state index contributed by atoms with van der Waals surface area (Å²) in [4.78, 5) is 11.9. The number of hydrogen-bond donors (Lipinski definition) is 2. The van der Waals surface area contributed by atoms with E-state index in [9.17, 15) is 9.18 Å². The van der Waals surface area contributed by atoms with E-state index in [-0.39, 0.29) is 11.3 Å². The van der Waals surface area contributed by atoms with Crippen molar-refractivity contribution >= 4 is 21.8 Å². The highest BCUT2D eigenvalue weighted by molar-refractivity contribution is 9.10. The largest absolute Gasteiger partial charge is 0.331 e. The number of aromatic amines is 1. The molecule has 7 heteroatoms. The summed E-state index contributed by atoms with van der Waals surface area (Å²) in [7, 11) is 0. The summed E-state index contributed by atoms with van der Waals surface area (Å²) in [5.41, 5.74) is 0.297. The number of halogens is 2. The van der Waals surface area contributed by atoms with Crippen molar-refractivity contribution in [1.82, 2.24) is 15.5 Å². The van der Waals surface area contributed by atoms with E-state index in [1.165, 1.54) is 24.4 Å². The van der Waals surface area contributed by atoms with Crippen LogP contribution in [0.5, 0.6) is 0 Å². The third-order valence-corrected chi connectivity index (χ3v) is 3.04. The molecule has 0 aliphatic carbocycles. The molecule has 0 bridgehead atoms. The number of nitrogens with one attached hydrogen (secondary N) is 2. The molecule has 0 aliphatic heterocycles. The summed E-state index contributed by atoms with van der Waals surface area (Å²) in [5, 5.41) is 17.6. The van der Waals surface area contributed by atoms with Gasteiger partial charge >= 0.3 is 0 Å². The number of nitrogens with zero attached hydrogens (tertiary/aromatic N) is 2. The molecule has 0 spiro atoms. The Balaban J connectivity index is 2.22. The minimum absolute atomic E-state index is 0.119. The number of rotatable bonds is 3. The van der Waals surface area contributed by atoms with E-state index in [1.807, 2.05) is 6.07 Å². The molecule has 2 N–H and O–H groups in total. The molecular weight excluding hydrogens is 315 g/mol. The summed E-state index contributed by atoms with van der Waals surface area (Å²) in [6.45, 7) is 0. The number of benzene rings is 1. The molecule has 2 aromatic rings. The van der Waals surface area contributed by atoms with Crippen molar-refractivity contribution in [1.29, 1.82) is 5.26 Å². The van der Waals surface area contributed by atoms with Gasteiger partial charge in [-0.25, -0.2) is 4.39 Å². The first-order valence-electron chi connectivity index (χ1n) is 5.27. The van der Waals surface area contributed by atoms with Crippen molar-refractivity contribution < 1.29 is 9.18 Å². The van der Waals surface area contributed by atoms with Crippen LogP contribution in [0.3, 0.4) is 0 Å². The summed E-state index contributed by atoms with van der Waals surface area (Å²) in [6.07, 6.45) is 1.42. The van der Waals surface area contributed by atoms with E-state index in [0.717, 1.165) is 0 Å². The molecule has 19 heavy (non-hydrogen) atoms. The molecule has 5 nitrogen and oxygen atoms in total. The molecule has 0 unspecified atom stereocenters. The molecule has 0 radical (unpaired) electrons. The SMILES string of the molecule is N#C[C@H](NC(=O)c1[nH]ncc1Br)c1ccccc1F. The lowest BCUT2D eigenvalue weighted by Gasteiger charge is -2.12. The Kier molecular flexibility index (Phi) is 3.92. The van der Waals surface area contributed by atoms with Crippen molar-refractivity contribution in [3.8, 4) is 6.07 Å². The molecule has 0 saturated heterocycles. The van der Waals surface area contributed by atoms with Crippen LogP contribution in [0.4, 0.5) is 4.39 Å². The predicted molar refractivity (Wildman–Crippen MR) is 68.5 cm³/mol. The van der Waals surface area contributed by atoms with Crippen LogP contribution in [0.25, 0.3) is 0 Å². The van der Waals surface area contributed by atoms with Gasteiger partial charge in [-0.1, -0.05) is 18.2 Å². The first-order valence-corrected chi connectivity index (χ1v) is 6.06. The van der Waals surface area contributed by atoms with Gasteiger partial charge in [0.1, 0.15) is 17.6 Å². The van der Waals surface area contributed by atoms with Crippen molar-refractivity contribution in [2.75, 3.05) is 0 Å². The summed E-state index contributed by atoms with van der Waals surface area (Å²) >= 11 is 3.14. The van der Waals surface area contributed by atoms with Crippen molar-refractivity contribution in [2.45, 2.75) is 6.04 Å². The van der Waals surface area contributed by atoms with Crippen LogP contribution in [-0.2, 0) is 0 Å². The highest BCUT2D eigenvalue weighted by atomic mass is 79.9. The number of hydrogen-bond acceptors (Lipinski definition) is 3. The highest BCUT2D eigenvalue weighted by Gasteiger charge is 2.20. The van der Waals surface area contributed by atoms with Gasteiger partial charge in [0, 0.05) is 5.56 Å². The topological polar surface area (TPSA) is 81.6 Å². The Morgan fingerprint density at radius 1 is 1.53 bits per heavy atom. The van der Waals surface area contributed by atoms with Gasteiger partial charge in [-0.3, -0.25) is 9.89 Å². The summed E-state index contributed by atoms with van der Waals surface area (Å²) < 4.78 is 14.0. The maximum atomic E-state index is 13.6. The van der Waals surface area contributed by atoms with Crippen LogP contribution in [0, 0.1) is 17.1 Å². The number of carbonyl (C=O) groups excluding carboxylic acids is 1. The molecule has 2 rings (SSSR count). The van der Waals surface area contributed by atoms with E-state index in [0.29, 0.717) is 4.47 Å². The standard InChI is InChI=1S/C12H8BrFN4O/c13-8-6-16-18-11(8)12(19)17-10(5-15)7-3-1-2-4-9(7)14/h1-4,6,10H,(H,16,18)(H,17,19)/t10-/m0/s1. The number of aromatic nitrogens is 2. The minimum atomic E-state index is -1.07. The number of amides is 1. The Morgan fingerprint density at radius 2 is 2.26 bits per heavy atom. The molecule has 1 heterocycles. The van der Waals surface area contributed by atoms with E-state index < -0.39 is 17.8 Å². The van der Waals surface area contributed by atoms with Crippen molar-refractivity contribution in [2.24, 2.45) is 0 Å². The van der Waals surface area contributed by atoms with E-state index >= 15 is 0 Å². The van der Waals surface area contributed by atoms with Gasteiger partial charge in [-0.15, -0.1) is 0 Å². The second kappa shape index (κ2) is 5.63. The van der Waals surface area contributed by atoms with Crippen LogP contribution >= 0.6 is 15.9 Å². The third-order valence-electron chi connectivity index (χ3n) is 2.44. The number of carbonyl (C=O) groups is 1. The minimum Gasteiger partial charge on any atom is -0.331 e. The summed E-state index contributed by atoms with van der Waals surface area (Å²) in [6, 6.07) is 6.58. The van der Waals surface area contributed by atoms with Gasteiger partial charge in [0.25, 0.3) is 5.91 Å². The average Bonchev–Trinajstić information content (AvgIpc) is 2.83. The Bertz CT molecular complexity index is 649. The quantitative estimate of drug-likeness (QED) is 0.909. The third kappa shape index (κ3) is 2.80. The zero-order valence-corrected chi connectivity index (χ0v) is 11.1. The van der Waals surface area contributed by atoms with Crippen molar-refractivity contribution in [3.05, 3.63) is 52.0 Å². The molecule has 1 aromatic carbocycles. The average molecular weight is 323 g/mol. The zero-order valence-electron chi connectivity index (χ0n) is 9.52. The normalized spacial score (nSPS) is 11.6. The van der Waals surface area contributed by atoms with Gasteiger partial charge in [0.05, 0.1) is 16.7 Å². The van der Waals surface area contributed by atoms with Crippen LogP contribution in [0.1, 0.15) is 22.1 Å². The highest BCUT2D eigenvalue weighted by Crippen LogP contribution is 2.18.